The van der Waals surface area contributed by atoms with Crippen LogP contribution in [-0.2, 0) is 4.74 Å². The van der Waals surface area contributed by atoms with Crippen molar-refractivity contribution in [3.63, 3.8) is 0 Å². The van der Waals surface area contributed by atoms with E-state index in [1.807, 2.05) is 6.07 Å². The van der Waals surface area contributed by atoms with Gasteiger partial charge in [0, 0.05) is 30.9 Å². The summed E-state index contributed by atoms with van der Waals surface area (Å²) in [7, 11) is 0. The van der Waals surface area contributed by atoms with Crippen LogP contribution in [-0.4, -0.2) is 59.1 Å². The molecule has 34 heavy (non-hydrogen) atoms. The van der Waals surface area contributed by atoms with E-state index in [0.29, 0.717) is 28.3 Å². The van der Waals surface area contributed by atoms with Crippen molar-refractivity contribution in [1.29, 1.82) is 0 Å². The van der Waals surface area contributed by atoms with Crippen LogP contribution in [0.4, 0.5) is 5.69 Å². The van der Waals surface area contributed by atoms with Crippen LogP contribution in [0.5, 0.6) is 6.01 Å². The normalized spacial score (nSPS) is 21.7. The van der Waals surface area contributed by atoms with Gasteiger partial charge in [0.15, 0.2) is 5.65 Å². The quantitative estimate of drug-likeness (QED) is 0.508. The topological polar surface area (TPSA) is 83.5 Å². The van der Waals surface area contributed by atoms with Crippen LogP contribution in [0.2, 0.25) is 5.02 Å². The first-order valence-corrected chi connectivity index (χ1v) is 12.6. The standard InChI is InChI=1S/C26H33ClN4O3/c1-26(2,16-32)18-5-9-20(10-6-18)34-25-28-22-15-21(27)23(29-24(22)30-25)17-3-7-19(8-4-17)31-11-13-33-14-12-31/h3-4,7-8,15,18,20,32H,5-6,9-14,16H2,1-2H3,(H,28,29,30). The van der Waals surface area contributed by atoms with Gasteiger partial charge in [0.2, 0.25) is 0 Å². The average Bonchev–Trinajstić information content (AvgIpc) is 3.25. The lowest BCUT2D eigenvalue weighted by Gasteiger charge is -2.37. The summed E-state index contributed by atoms with van der Waals surface area (Å²) in [5.41, 5.74) is 4.18. The molecule has 0 spiro atoms. The van der Waals surface area contributed by atoms with E-state index < -0.39 is 0 Å². The van der Waals surface area contributed by atoms with Gasteiger partial charge in [0.1, 0.15) is 6.10 Å². The molecule has 7 nitrogen and oxygen atoms in total. The maximum absolute atomic E-state index is 9.66. The van der Waals surface area contributed by atoms with E-state index in [0.717, 1.165) is 63.1 Å². The number of benzene rings is 1. The molecule has 3 aromatic rings. The highest BCUT2D eigenvalue weighted by Crippen LogP contribution is 2.39. The van der Waals surface area contributed by atoms with E-state index in [2.05, 4.69) is 53.0 Å². The van der Waals surface area contributed by atoms with Crippen LogP contribution >= 0.6 is 11.6 Å². The molecule has 0 atom stereocenters. The van der Waals surface area contributed by atoms with Crippen molar-refractivity contribution in [1.82, 2.24) is 15.0 Å². The van der Waals surface area contributed by atoms with Gasteiger partial charge in [-0.1, -0.05) is 37.6 Å². The number of aliphatic hydroxyl groups is 1. The Morgan fingerprint density at radius 3 is 2.50 bits per heavy atom. The zero-order chi connectivity index (χ0) is 23.7. The Balaban J connectivity index is 1.28. The number of fused-ring (bicyclic) bond motifs is 1. The van der Waals surface area contributed by atoms with Crippen molar-refractivity contribution in [2.45, 2.75) is 45.6 Å². The fraction of sp³-hybridized carbons (Fsp3) is 0.538. The van der Waals surface area contributed by atoms with Crippen molar-refractivity contribution in [2.24, 2.45) is 11.3 Å². The summed E-state index contributed by atoms with van der Waals surface area (Å²) in [5, 5.41) is 10.2. The number of aliphatic hydroxyl groups excluding tert-OH is 1. The van der Waals surface area contributed by atoms with Crippen molar-refractivity contribution >= 4 is 28.5 Å². The van der Waals surface area contributed by atoms with Crippen molar-refractivity contribution in [2.75, 3.05) is 37.8 Å². The zero-order valence-corrected chi connectivity index (χ0v) is 20.6. The lowest BCUT2D eigenvalue weighted by atomic mass is 9.71. The molecule has 1 aliphatic carbocycles. The number of aromatic amines is 1. The molecule has 1 saturated carbocycles. The first-order chi connectivity index (χ1) is 16.4. The number of morpholine rings is 1. The van der Waals surface area contributed by atoms with E-state index in [1.165, 1.54) is 5.69 Å². The second-order valence-corrected chi connectivity index (χ2v) is 10.5. The largest absolute Gasteiger partial charge is 0.461 e. The number of aromatic nitrogens is 3. The summed E-state index contributed by atoms with van der Waals surface area (Å²) in [6.45, 7) is 7.83. The summed E-state index contributed by atoms with van der Waals surface area (Å²) in [5.74, 6) is 0.519. The molecule has 2 aromatic heterocycles. The number of rotatable bonds is 6. The van der Waals surface area contributed by atoms with Gasteiger partial charge in [-0.2, -0.15) is 4.98 Å². The van der Waals surface area contributed by atoms with Crippen LogP contribution < -0.4 is 9.64 Å². The van der Waals surface area contributed by atoms with Crippen molar-refractivity contribution in [3.8, 4) is 17.3 Å². The molecule has 2 aliphatic rings. The number of H-pyrrole nitrogens is 1. The lowest BCUT2D eigenvalue weighted by molar-refractivity contribution is 0.0389. The number of nitrogens with one attached hydrogen (secondary N) is 1. The second-order valence-electron chi connectivity index (χ2n) is 10.1. The predicted octanol–water partition coefficient (Wildman–Crippen LogP) is 5.07. The summed E-state index contributed by atoms with van der Waals surface area (Å²) in [6.07, 6.45) is 4.13. The Bertz CT molecular complexity index is 1120. The van der Waals surface area contributed by atoms with Gasteiger partial charge < -0.3 is 24.5 Å². The number of hydrogen-bond acceptors (Lipinski definition) is 6. The highest BCUT2D eigenvalue weighted by atomic mass is 35.5. The highest BCUT2D eigenvalue weighted by Gasteiger charge is 2.33. The van der Waals surface area contributed by atoms with E-state index in [1.54, 1.807) is 0 Å². The van der Waals surface area contributed by atoms with Crippen LogP contribution in [0.1, 0.15) is 39.5 Å². The van der Waals surface area contributed by atoms with Gasteiger partial charge in [-0.3, -0.25) is 0 Å². The van der Waals surface area contributed by atoms with E-state index >= 15 is 0 Å². The number of anilines is 1. The SMILES string of the molecule is CC(C)(CO)C1CCC(Oc2nc3nc(-c4ccc(N5CCOCC5)cc4)c(Cl)cc3[nH]2)CC1. The van der Waals surface area contributed by atoms with E-state index in [9.17, 15) is 5.11 Å². The van der Waals surface area contributed by atoms with Gasteiger partial charge in [-0.25, -0.2) is 4.98 Å². The summed E-state index contributed by atoms with van der Waals surface area (Å²) >= 11 is 6.60. The van der Waals surface area contributed by atoms with Crippen LogP contribution in [0.25, 0.3) is 22.4 Å². The van der Waals surface area contributed by atoms with Crippen LogP contribution in [0.3, 0.4) is 0 Å². The van der Waals surface area contributed by atoms with Gasteiger partial charge >= 0.3 is 0 Å². The van der Waals surface area contributed by atoms with Gasteiger partial charge in [0.05, 0.1) is 29.4 Å². The van der Waals surface area contributed by atoms with Crippen LogP contribution in [0, 0.1) is 11.3 Å². The molecular formula is C26H33ClN4O3. The third kappa shape index (κ3) is 4.88. The molecule has 182 valence electrons. The number of pyridine rings is 1. The maximum Gasteiger partial charge on any atom is 0.296 e. The molecule has 0 unspecified atom stereocenters. The monoisotopic (exact) mass is 484 g/mol. The van der Waals surface area contributed by atoms with E-state index in [-0.39, 0.29) is 18.1 Å². The fourth-order valence-electron chi connectivity index (χ4n) is 5.05. The smallest absolute Gasteiger partial charge is 0.296 e. The fourth-order valence-corrected chi connectivity index (χ4v) is 5.32. The van der Waals surface area contributed by atoms with Gasteiger partial charge in [0.25, 0.3) is 6.01 Å². The molecule has 0 bridgehead atoms. The number of imidazole rings is 1. The van der Waals surface area contributed by atoms with Gasteiger partial charge in [-0.15, -0.1) is 0 Å². The highest BCUT2D eigenvalue weighted by molar-refractivity contribution is 6.33. The maximum atomic E-state index is 9.66. The Morgan fingerprint density at radius 1 is 1.12 bits per heavy atom. The third-order valence-corrected chi connectivity index (χ3v) is 7.68. The Labute approximate surface area is 205 Å². The minimum absolute atomic E-state index is 0.0399. The Kier molecular flexibility index (Phi) is 6.69. The minimum atomic E-state index is -0.0399. The van der Waals surface area contributed by atoms with Crippen LogP contribution in [0.15, 0.2) is 30.3 Å². The Hall–Kier alpha value is -2.35. The number of nitrogens with zero attached hydrogens (tertiary/aromatic N) is 3. The summed E-state index contributed by atoms with van der Waals surface area (Å²) in [6, 6.07) is 10.7. The predicted molar refractivity (Wildman–Crippen MR) is 135 cm³/mol. The average molecular weight is 485 g/mol. The van der Waals surface area contributed by atoms with E-state index in [4.69, 9.17) is 26.1 Å². The first kappa shape index (κ1) is 23.4. The first-order valence-electron chi connectivity index (χ1n) is 12.2. The third-order valence-electron chi connectivity index (χ3n) is 7.39. The molecule has 2 N–H and O–H groups in total. The van der Waals surface area contributed by atoms with Crippen molar-refractivity contribution in [3.05, 3.63) is 35.4 Å². The minimum Gasteiger partial charge on any atom is -0.461 e. The number of hydrogen-bond donors (Lipinski definition) is 2. The molecule has 8 heteroatoms. The Morgan fingerprint density at radius 2 is 1.82 bits per heavy atom. The molecule has 1 saturated heterocycles. The molecule has 1 aliphatic heterocycles. The molecule has 0 amide bonds. The molecule has 3 heterocycles. The number of halogens is 1. The molecular weight excluding hydrogens is 452 g/mol. The molecule has 5 rings (SSSR count). The molecule has 2 fully saturated rings. The molecule has 1 aromatic carbocycles. The zero-order valence-electron chi connectivity index (χ0n) is 19.9. The van der Waals surface area contributed by atoms with Crippen molar-refractivity contribution < 1.29 is 14.6 Å². The van der Waals surface area contributed by atoms with Gasteiger partial charge in [-0.05, 0) is 55.2 Å². The second kappa shape index (κ2) is 9.72. The summed E-state index contributed by atoms with van der Waals surface area (Å²) < 4.78 is 11.6. The lowest BCUT2D eigenvalue weighted by Crippen LogP contribution is -2.36. The molecule has 0 radical (unpaired) electrons. The number of ether oxygens (including phenoxy) is 2. The summed E-state index contributed by atoms with van der Waals surface area (Å²) in [4.78, 5) is 14.9.